The molecule has 114 valence electrons. The maximum absolute atomic E-state index is 11.6. The minimum absolute atomic E-state index is 0.131. The van der Waals surface area contributed by atoms with Gasteiger partial charge in [-0.15, -0.1) is 0 Å². The van der Waals surface area contributed by atoms with Gasteiger partial charge in [0.2, 0.25) is 15.9 Å². The summed E-state index contributed by atoms with van der Waals surface area (Å²) in [7, 11) is -1.64. The Balaban J connectivity index is 4.07. The zero-order chi connectivity index (χ0) is 14.9. The van der Waals surface area contributed by atoms with Gasteiger partial charge in [0.25, 0.3) is 0 Å². The third-order valence-corrected chi connectivity index (χ3v) is 3.74. The van der Waals surface area contributed by atoms with Crippen molar-refractivity contribution < 1.29 is 17.9 Å². The van der Waals surface area contributed by atoms with Crippen LogP contribution < -0.4 is 5.32 Å². The van der Waals surface area contributed by atoms with Crippen molar-refractivity contribution in [3.05, 3.63) is 0 Å². The Hall–Kier alpha value is -0.660. The monoisotopic (exact) mass is 294 g/mol. The van der Waals surface area contributed by atoms with E-state index in [1.54, 1.807) is 7.11 Å². The fourth-order valence-corrected chi connectivity index (χ4v) is 2.55. The Kier molecular flexibility index (Phi) is 8.95. The van der Waals surface area contributed by atoms with Gasteiger partial charge in [-0.3, -0.25) is 4.79 Å². The molecule has 0 fully saturated rings. The Morgan fingerprint density at radius 2 is 2.00 bits per heavy atom. The number of sulfonamides is 1. The molecule has 7 heteroatoms. The molecule has 1 N–H and O–H groups in total. The molecule has 0 aliphatic rings. The highest BCUT2D eigenvalue weighted by atomic mass is 32.2. The van der Waals surface area contributed by atoms with Crippen LogP contribution in [0.25, 0.3) is 0 Å². The van der Waals surface area contributed by atoms with Crippen molar-refractivity contribution in [3.8, 4) is 0 Å². The van der Waals surface area contributed by atoms with Crippen LogP contribution in [0.15, 0.2) is 0 Å². The zero-order valence-electron chi connectivity index (χ0n) is 12.3. The minimum Gasteiger partial charge on any atom is -0.385 e. The molecule has 0 radical (unpaired) electrons. The lowest BCUT2D eigenvalue weighted by atomic mass is 10.2. The van der Waals surface area contributed by atoms with E-state index < -0.39 is 10.0 Å². The average molecular weight is 294 g/mol. The Labute approximate surface area is 116 Å². The summed E-state index contributed by atoms with van der Waals surface area (Å²) in [4.78, 5) is 11.5. The predicted octanol–water partition coefficient (Wildman–Crippen LogP) is 0.447. The van der Waals surface area contributed by atoms with Gasteiger partial charge in [-0.1, -0.05) is 13.8 Å². The molecule has 0 unspecified atom stereocenters. The number of hydrogen-bond acceptors (Lipinski definition) is 4. The molecule has 1 amide bonds. The van der Waals surface area contributed by atoms with Gasteiger partial charge in [-0.05, 0) is 12.3 Å². The maximum Gasteiger partial charge on any atom is 0.221 e. The number of ether oxygens (including phenoxy) is 1. The molecule has 6 nitrogen and oxygen atoms in total. The van der Waals surface area contributed by atoms with Crippen LogP contribution in [0.2, 0.25) is 0 Å². The lowest BCUT2D eigenvalue weighted by molar-refractivity contribution is -0.121. The molecule has 0 bridgehead atoms. The van der Waals surface area contributed by atoms with Gasteiger partial charge in [-0.2, -0.15) is 0 Å². The second kappa shape index (κ2) is 9.28. The van der Waals surface area contributed by atoms with Gasteiger partial charge in [0, 0.05) is 39.8 Å². The first-order valence-electron chi connectivity index (χ1n) is 6.48. The highest BCUT2D eigenvalue weighted by Gasteiger charge is 2.18. The predicted molar refractivity (Wildman–Crippen MR) is 75.4 cm³/mol. The molecule has 0 rings (SSSR count). The summed E-state index contributed by atoms with van der Waals surface area (Å²) in [6.45, 7) is 5.72. The number of methoxy groups -OCH3 is 1. The molecule has 0 aliphatic heterocycles. The van der Waals surface area contributed by atoms with E-state index in [-0.39, 0.29) is 24.8 Å². The van der Waals surface area contributed by atoms with Gasteiger partial charge in [0.15, 0.2) is 0 Å². The topological polar surface area (TPSA) is 75.7 Å². The number of amides is 1. The van der Waals surface area contributed by atoms with Crippen molar-refractivity contribution in [1.29, 1.82) is 0 Å². The molecule has 0 aromatic heterocycles. The summed E-state index contributed by atoms with van der Waals surface area (Å²) in [5.41, 5.74) is 0. The highest BCUT2D eigenvalue weighted by molar-refractivity contribution is 7.88. The van der Waals surface area contributed by atoms with E-state index in [0.29, 0.717) is 19.7 Å². The first-order chi connectivity index (χ1) is 8.77. The molecule has 0 saturated heterocycles. The molecule has 0 aromatic rings. The minimum atomic E-state index is -3.25. The van der Waals surface area contributed by atoms with E-state index in [4.69, 9.17) is 4.74 Å². The van der Waals surface area contributed by atoms with Gasteiger partial charge in [0.1, 0.15) is 0 Å². The molecule has 19 heavy (non-hydrogen) atoms. The quantitative estimate of drug-likeness (QED) is 0.593. The lowest BCUT2D eigenvalue weighted by Gasteiger charge is -2.21. The Morgan fingerprint density at radius 3 is 2.47 bits per heavy atom. The Morgan fingerprint density at radius 1 is 1.37 bits per heavy atom. The zero-order valence-corrected chi connectivity index (χ0v) is 13.1. The van der Waals surface area contributed by atoms with Crippen molar-refractivity contribution >= 4 is 15.9 Å². The highest BCUT2D eigenvalue weighted by Crippen LogP contribution is 2.05. The standard InChI is InChI=1S/C12H26N2O4S/c1-11(2)10-14(19(4,16)17)8-6-12(15)13-7-5-9-18-3/h11H,5-10H2,1-4H3,(H,13,15). The van der Waals surface area contributed by atoms with E-state index in [2.05, 4.69) is 5.32 Å². The van der Waals surface area contributed by atoms with Crippen LogP contribution in [0, 0.1) is 5.92 Å². The van der Waals surface area contributed by atoms with Crippen molar-refractivity contribution in [2.45, 2.75) is 26.7 Å². The van der Waals surface area contributed by atoms with Crippen LogP contribution in [0.3, 0.4) is 0 Å². The van der Waals surface area contributed by atoms with E-state index in [9.17, 15) is 13.2 Å². The van der Waals surface area contributed by atoms with E-state index in [1.807, 2.05) is 13.8 Å². The molecule has 0 aromatic carbocycles. The molecular weight excluding hydrogens is 268 g/mol. The van der Waals surface area contributed by atoms with Crippen LogP contribution in [0.1, 0.15) is 26.7 Å². The molecular formula is C12H26N2O4S. The molecule has 0 saturated carbocycles. The van der Waals surface area contributed by atoms with Gasteiger partial charge in [-0.25, -0.2) is 12.7 Å². The molecule has 0 aliphatic carbocycles. The smallest absolute Gasteiger partial charge is 0.221 e. The number of carbonyl (C=O) groups excluding carboxylic acids is 1. The van der Waals surface area contributed by atoms with Crippen molar-refractivity contribution in [2.24, 2.45) is 5.92 Å². The number of rotatable bonds is 10. The van der Waals surface area contributed by atoms with Crippen LogP contribution in [-0.4, -0.2) is 58.2 Å². The third kappa shape index (κ3) is 9.86. The third-order valence-electron chi connectivity index (χ3n) is 2.47. The van der Waals surface area contributed by atoms with Crippen LogP contribution in [0.5, 0.6) is 0 Å². The summed E-state index contributed by atoms with van der Waals surface area (Å²) in [5, 5.41) is 2.74. The first-order valence-corrected chi connectivity index (χ1v) is 8.33. The molecule has 0 spiro atoms. The Bertz CT molecular complexity index is 355. The van der Waals surface area contributed by atoms with Crippen molar-refractivity contribution in [3.63, 3.8) is 0 Å². The molecule has 0 atom stereocenters. The summed E-state index contributed by atoms with van der Waals surface area (Å²) < 4.78 is 29.3. The average Bonchev–Trinajstić information content (AvgIpc) is 2.28. The summed E-state index contributed by atoms with van der Waals surface area (Å²) in [6.07, 6.45) is 2.11. The van der Waals surface area contributed by atoms with Crippen LogP contribution in [-0.2, 0) is 19.6 Å². The SMILES string of the molecule is COCCCNC(=O)CCN(CC(C)C)S(C)(=O)=O. The first kappa shape index (κ1) is 18.3. The number of nitrogens with one attached hydrogen (secondary N) is 1. The van der Waals surface area contributed by atoms with Crippen LogP contribution >= 0.6 is 0 Å². The van der Waals surface area contributed by atoms with E-state index in [0.717, 1.165) is 6.42 Å². The van der Waals surface area contributed by atoms with Gasteiger partial charge in [0.05, 0.1) is 6.26 Å². The van der Waals surface area contributed by atoms with E-state index >= 15 is 0 Å². The number of hydrogen-bond donors (Lipinski definition) is 1. The largest absolute Gasteiger partial charge is 0.385 e. The van der Waals surface area contributed by atoms with Gasteiger partial charge >= 0.3 is 0 Å². The second-order valence-electron chi connectivity index (χ2n) is 4.96. The second-order valence-corrected chi connectivity index (χ2v) is 6.94. The number of nitrogens with zero attached hydrogens (tertiary/aromatic N) is 1. The normalized spacial score (nSPS) is 12.1. The van der Waals surface area contributed by atoms with E-state index in [1.165, 1.54) is 10.6 Å². The fourth-order valence-electron chi connectivity index (χ4n) is 1.56. The lowest BCUT2D eigenvalue weighted by Crippen LogP contribution is -2.37. The maximum atomic E-state index is 11.6. The van der Waals surface area contributed by atoms with Crippen molar-refractivity contribution in [2.75, 3.05) is 39.6 Å². The van der Waals surface area contributed by atoms with Gasteiger partial charge < -0.3 is 10.1 Å². The summed E-state index contributed by atoms with van der Waals surface area (Å²) in [6, 6.07) is 0. The summed E-state index contributed by atoms with van der Waals surface area (Å²) >= 11 is 0. The van der Waals surface area contributed by atoms with Crippen LogP contribution in [0.4, 0.5) is 0 Å². The fraction of sp³-hybridized carbons (Fsp3) is 0.917. The summed E-state index contributed by atoms with van der Waals surface area (Å²) in [5.74, 6) is 0.105. The number of carbonyl (C=O) groups is 1. The molecule has 0 heterocycles. The van der Waals surface area contributed by atoms with Crippen molar-refractivity contribution in [1.82, 2.24) is 9.62 Å².